The second kappa shape index (κ2) is 6.85. The van der Waals surface area contributed by atoms with Gasteiger partial charge >= 0.3 is 0 Å². The topological polar surface area (TPSA) is 45.5 Å². The van der Waals surface area contributed by atoms with Crippen LogP contribution >= 0.6 is 0 Å². The molecule has 2 aromatic carbocycles. The molecular formula is C17H15AlN2O2. The normalized spacial score (nSPS) is 14.2. The summed E-state index contributed by atoms with van der Waals surface area (Å²) in [5.41, 5.74) is 1.11. The number of ether oxygens (including phenoxy) is 2. The molecule has 0 amide bonds. The third kappa shape index (κ3) is 3.61. The molecule has 2 aromatic rings. The molecule has 5 heteroatoms. The van der Waals surface area contributed by atoms with E-state index in [9.17, 15) is 0 Å². The summed E-state index contributed by atoms with van der Waals surface area (Å²) in [6, 6.07) is 15.7. The summed E-state index contributed by atoms with van der Waals surface area (Å²) in [5, 5.41) is 8.69. The van der Waals surface area contributed by atoms with Crippen LogP contribution in [0.2, 0.25) is 0 Å². The van der Waals surface area contributed by atoms with Crippen molar-refractivity contribution in [1.29, 1.82) is 5.26 Å². The van der Waals surface area contributed by atoms with Crippen molar-refractivity contribution in [2.45, 2.75) is 12.7 Å². The minimum Gasteiger partial charge on any atom is -0.457 e. The lowest BCUT2D eigenvalue weighted by Crippen LogP contribution is -2.49. The fraction of sp³-hybridized carbons (Fsp3) is 0.235. The Labute approximate surface area is 138 Å². The van der Waals surface area contributed by atoms with Crippen LogP contribution in [0.4, 0.5) is 0 Å². The number of likely N-dealkylation sites (tertiary alicyclic amines) is 1. The van der Waals surface area contributed by atoms with Crippen LogP contribution in [0.25, 0.3) is 0 Å². The van der Waals surface area contributed by atoms with Gasteiger partial charge < -0.3 is 14.4 Å². The summed E-state index contributed by atoms with van der Waals surface area (Å²) < 4.78 is 12.7. The minimum atomic E-state index is 0.157. The van der Waals surface area contributed by atoms with Crippen LogP contribution < -0.4 is 9.16 Å². The van der Waals surface area contributed by atoms with Crippen LogP contribution in [0, 0.1) is 11.5 Å². The Morgan fingerprint density at radius 1 is 1.14 bits per heavy atom. The molecule has 1 heterocycles. The van der Waals surface area contributed by atoms with E-state index in [1.807, 2.05) is 48.5 Å². The highest BCUT2D eigenvalue weighted by molar-refractivity contribution is 6.33. The fourth-order valence-corrected chi connectivity index (χ4v) is 2.57. The second-order valence-electron chi connectivity index (χ2n) is 5.21. The quantitative estimate of drug-likeness (QED) is 0.626. The van der Waals surface area contributed by atoms with Gasteiger partial charge in [-0.25, -0.2) is 0 Å². The molecule has 2 radical (unpaired) electrons. The van der Waals surface area contributed by atoms with Crippen molar-refractivity contribution in [2.75, 3.05) is 13.1 Å². The highest BCUT2D eigenvalue weighted by Crippen LogP contribution is 2.20. The average molecular weight is 306 g/mol. The first-order valence-corrected chi connectivity index (χ1v) is 7.70. The first-order valence-electron chi connectivity index (χ1n) is 7.12. The first kappa shape index (κ1) is 14.9. The van der Waals surface area contributed by atoms with Gasteiger partial charge in [0.15, 0.2) is 22.5 Å². The Kier molecular flexibility index (Phi) is 4.65. The lowest BCUT2D eigenvalue weighted by atomic mass is 10.2. The van der Waals surface area contributed by atoms with E-state index in [0.29, 0.717) is 19.7 Å². The van der Waals surface area contributed by atoms with E-state index in [1.54, 1.807) is 4.90 Å². The van der Waals surface area contributed by atoms with Crippen molar-refractivity contribution in [1.82, 2.24) is 4.90 Å². The van der Waals surface area contributed by atoms with E-state index >= 15 is 0 Å². The van der Waals surface area contributed by atoms with E-state index in [-0.39, 0.29) is 6.10 Å². The molecule has 0 spiro atoms. The Morgan fingerprint density at radius 3 is 2.59 bits per heavy atom. The van der Waals surface area contributed by atoms with Crippen LogP contribution in [0.3, 0.4) is 0 Å². The summed E-state index contributed by atoms with van der Waals surface area (Å²) in [6.45, 7) is 1.93. The van der Waals surface area contributed by atoms with Gasteiger partial charge in [0, 0.05) is 0 Å². The molecule has 1 fully saturated rings. The van der Waals surface area contributed by atoms with Gasteiger partial charge in [-0.1, -0.05) is 24.3 Å². The zero-order chi connectivity index (χ0) is 15.4. The molecule has 0 N–H and O–H groups in total. The van der Waals surface area contributed by atoms with Crippen molar-refractivity contribution >= 4 is 20.7 Å². The molecule has 4 nitrogen and oxygen atoms in total. The Morgan fingerprint density at radius 2 is 1.91 bits per heavy atom. The van der Waals surface area contributed by atoms with Gasteiger partial charge in [0.2, 0.25) is 0 Å². The van der Waals surface area contributed by atoms with Crippen LogP contribution in [0.15, 0.2) is 48.5 Å². The maximum atomic E-state index is 8.69. The number of nitrogens with zero attached hydrogens (tertiary/aromatic N) is 2. The predicted molar refractivity (Wildman–Crippen MR) is 84.1 cm³/mol. The number of rotatable bonds is 5. The maximum absolute atomic E-state index is 8.69. The number of benzene rings is 2. The molecule has 22 heavy (non-hydrogen) atoms. The van der Waals surface area contributed by atoms with Crippen LogP contribution in [0.1, 0.15) is 5.56 Å². The summed E-state index contributed by atoms with van der Waals surface area (Å²) in [7, 11) is 0. The van der Waals surface area contributed by atoms with Crippen LogP contribution in [0.5, 0.6) is 11.5 Å². The van der Waals surface area contributed by atoms with Crippen LogP contribution in [-0.4, -0.2) is 40.4 Å². The smallest absolute Gasteiger partial charge is 0.179 e. The molecule has 1 aliphatic heterocycles. The monoisotopic (exact) mass is 306 g/mol. The number of para-hydroxylation sites is 1. The highest BCUT2D eigenvalue weighted by atomic mass is 27.0. The molecule has 1 aliphatic rings. The van der Waals surface area contributed by atoms with Gasteiger partial charge in [0.25, 0.3) is 0 Å². The lowest BCUT2D eigenvalue weighted by molar-refractivity contribution is -0.0397. The summed E-state index contributed by atoms with van der Waals surface area (Å²) >= 11 is 2.72. The molecule has 0 aromatic heterocycles. The Balaban J connectivity index is 1.57. The van der Waals surface area contributed by atoms with Gasteiger partial charge in [0.05, 0.1) is 25.8 Å². The second-order valence-corrected chi connectivity index (χ2v) is 5.84. The average Bonchev–Trinajstić information content (AvgIpc) is 2.49. The number of hydrogen-bond donors (Lipinski definition) is 0. The zero-order valence-corrected chi connectivity index (χ0v) is 13.3. The van der Waals surface area contributed by atoms with E-state index in [4.69, 9.17) is 14.7 Å². The van der Waals surface area contributed by atoms with Gasteiger partial charge in [-0.3, -0.25) is 0 Å². The zero-order valence-electron chi connectivity index (χ0n) is 12.1. The molecule has 0 unspecified atom stereocenters. The standard InChI is InChI=1S/C17H15N2O2.Al/c18-13-19-10-17(11-19)20-12-14-6-8-16(9-7-14)21-15-4-2-1-3-5-15;/h1-6,8-9,17H,10-12H2;. The molecule has 0 aliphatic carbocycles. The molecular weight excluding hydrogens is 291 g/mol. The van der Waals surface area contributed by atoms with Gasteiger partial charge in [-0.15, -0.1) is 4.43 Å². The third-order valence-electron chi connectivity index (χ3n) is 3.56. The largest absolute Gasteiger partial charge is 0.457 e. The fourth-order valence-electron chi connectivity index (χ4n) is 2.23. The van der Waals surface area contributed by atoms with Crippen molar-refractivity contribution in [2.24, 2.45) is 0 Å². The van der Waals surface area contributed by atoms with Crippen molar-refractivity contribution in [3.63, 3.8) is 0 Å². The van der Waals surface area contributed by atoms with Crippen molar-refractivity contribution in [3.8, 4) is 17.7 Å². The van der Waals surface area contributed by atoms with Gasteiger partial charge in [-0.2, -0.15) is 5.26 Å². The van der Waals surface area contributed by atoms with Gasteiger partial charge in [0.1, 0.15) is 11.5 Å². The molecule has 0 bridgehead atoms. The number of nitriles is 1. The Hall–Kier alpha value is -1.98. The molecule has 1 saturated heterocycles. The van der Waals surface area contributed by atoms with Crippen molar-refractivity contribution < 1.29 is 9.47 Å². The molecule has 0 atom stereocenters. The van der Waals surface area contributed by atoms with Crippen molar-refractivity contribution in [3.05, 3.63) is 54.1 Å². The maximum Gasteiger partial charge on any atom is 0.179 e. The molecule has 3 rings (SSSR count). The lowest BCUT2D eigenvalue weighted by Gasteiger charge is -2.34. The van der Waals surface area contributed by atoms with E-state index in [1.165, 1.54) is 0 Å². The minimum absolute atomic E-state index is 0.157. The summed E-state index contributed by atoms with van der Waals surface area (Å²) in [5.74, 6) is 1.63. The molecule has 0 saturated carbocycles. The van der Waals surface area contributed by atoms with E-state index in [0.717, 1.165) is 21.5 Å². The van der Waals surface area contributed by atoms with E-state index in [2.05, 4.69) is 22.5 Å². The Bertz CT molecular complexity index is 679. The number of hydrogen-bond acceptors (Lipinski definition) is 4. The SMILES string of the molecule is N#CN1CC(OCc2ccc(Oc3ccccc3)c[c]2[Al])C1. The van der Waals surface area contributed by atoms with Gasteiger partial charge in [-0.05, 0) is 29.8 Å². The first-order chi connectivity index (χ1) is 10.7. The summed E-state index contributed by atoms with van der Waals surface area (Å²) in [4.78, 5) is 1.68. The van der Waals surface area contributed by atoms with E-state index < -0.39 is 0 Å². The third-order valence-corrected chi connectivity index (χ3v) is 4.10. The molecule has 108 valence electrons. The van der Waals surface area contributed by atoms with Crippen LogP contribution in [-0.2, 0) is 11.3 Å². The summed E-state index contributed by atoms with van der Waals surface area (Å²) in [6.07, 6.45) is 2.26. The predicted octanol–water partition coefficient (Wildman–Crippen LogP) is 1.95. The highest BCUT2D eigenvalue weighted by Gasteiger charge is 2.26.